The average molecular weight is 333 g/mol. The third-order valence-corrected chi connectivity index (χ3v) is 5.73. The van der Waals surface area contributed by atoms with Crippen molar-refractivity contribution in [1.29, 1.82) is 0 Å². The number of carbonyl (C=O) groups excluding carboxylic acids is 1. The summed E-state index contributed by atoms with van der Waals surface area (Å²) >= 11 is 0. The Morgan fingerprint density at radius 1 is 1.25 bits per heavy atom. The Balaban J connectivity index is 1.77. The van der Waals surface area contributed by atoms with Crippen molar-refractivity contribution in [2.45, 2.75) is 49.9 Å². The van der Waals surface area contributed by atoms with Crippen molar-refractivity contribution in [1.82, 2.24) is 4.90 Å². The molecule has 2 aliphatic rings. The van der Waals surface area contributed by atoms with Gasteiger partial charge in [-0.3, -0.25) is 4.79 Å². The summed E-state index contributed by atoms with van der Waals surface area (Å²) in [6, 6.07) is 7.81. The third kappa shape index (κ3) is 3.03. The number of amides is 1. The van der Waals surface area contributed by atoms with Crippen molar-refractivity contribution in [3.8, 4) is 5.75 Å². The van der Waals surface area contributed by atoms with Gasteiger partial charge in [-0.15, -0.1) is 0 Å². The van der Waals surface area contributed by atoms with E-state index in [9.17, 15) is 4.79 Å². The molecule has 3 rings (SSSR count). The predicted molar refractivity (Wildman–Crippen MR) is 91.2 cm³/mol. The van der Waals surface area contributed by atoms with Crippen LogP contribution in [0.4, 0.5) is 0 Å². The molecule has 1 saturated carbocycles. The molecule has 5 heteroatoms. The Hall–Kier alpha value is -1.59. The first-order chi connectivity index (χ1) is 11.6. The fourth-order valence-corrected chi connectivity index (χ4v) is 4.29. The molecule has 1 aliphatic carbocycles. The monoisotopic (exact) mass is 333 g/mol. The van der Waals surface area contributed by atoms with Crippen molar-refractivity contribution in [2.75, 3.05) is 27.9 Å². The molecule has 132 valence electrons. The maximum atomic E-state index is 13.0. The average Bonchev–Trinajstić information content (AvgIpc) is 3.01. The van der Waals surface area contributed by atoms with E-state index in [0.29, 0.717) is 6.42 Å². The summed E-state index contributed by atoms with van der Waals surface area (Å²) in [5, 5.41) is 0. The van der Waals surface area contributed by atoms with Gasteiger partial charge in [0.15, 0.2) is 0 Å². The summed E-state index contributed by atoms with van der Waals surface area (Å²) in [4.78, 5) is 15.0. The number of nitrogens with zero attached hydrogens (tertiary/aromatic N) is 1. The molecule has 24 heavy (non-hydrogen) atoms. The van der Waals surface area contributed by atoms with Crippen molar-refractivity contribution in [2.24, 2.45) is 0 Å². The standard InChI is InChI=1S/C19H27NO4/c1-22-15-8-9-19(24-3)10-11-20(17(19)13-15)18(21)12-14-6-4-5-7-16(14)23-2/h4-7,15,17H,8-13H2,1-3H3/t15-,17+,19-/m0/s1. The van der Waals surface area contributed by atoms with E-state index in [4.69, 9.17) is 14.2 Å². The van der Waals surface area contributed by atoms with Gasteiger partial charge in [-0.1, -0.05) is 18.2 Å². The molecule has 1 saturated heterocycles. The maximum Gasteiger partial charge on any atom is 0.227 e. The lowest BCUT2D eigenvalue weighted by Gasteiger charge is -2.43. The fourth-order valence-electron chi connectivity index (χ4n) is 4.29. The van der Waals surface area contributed by atoms with E-state index in [2.05, 4.69) is 0 Å². The van der Waals surface area contributed by atoms with Gasteiger partial charge in [-0.05, 0) is 31.7 Å². The summed E-state index contributed by atoms with van der Waals surface area (Å²) in [5.74, 6) is 0.904. The Morgan fingerprint density at radius 3 is 2.75 bits per heavy atom. The summed E-state index contributed by atoms with van der Waals surface area (Å²) < 4.78 is 16.8. The number of hydrogen-bond donors (Lipinski definition) is 0. The summed E-state index contributed by atoms with van der Waals surface area (Å²) in [7, 11) is 5.16. The van der Waals surface area contributed by atoms with Crippen LogP contribution in [0.1, 0.15) is 31.2 Å². The lowest BCUT2D eigenvalue weighted by atomic mass is 9.79. The van der Waals surface area contributed by atoms with Crippen LogP contribution >= 0.6 is 0 Å². The van der Waals surface area contributed by atoms with E-state index in [-0.39, 0.29) is 23.7 Å². The van der Waals surface area contributed by atoms with Crippen LogP contribution in [0.3, 0.4) is 0 Å². The molecule has 0 unspecified atom stereocenters. The topological polar surface area (TPSA) is 48.0 Å². The number of hydrogen-bond acceptors (Lipinski definition) is 4. The highest BCUT2D eigenvalue weighted by atomic mass is 16.5. The van der Waals surface area contributed by atoms with Crippen LogP contribution in [0.15, 0.2) is 24.3 Å². The molecular formula is C19H27NO4. The number of para-hydroxylation sites is 1. The number of carbonyl (C=O) groups is 1. The second kappa shape index (κ2) is 7.11. The molecule has 1 heterocycles. The molecule has 1 aromatic rings. The van der Waals surface area contributed by atoms with E-state index in [0.717, 1.165) is 43.5 Å². The number of fused-ring (bicyclic) bond motifs is 1. The summed E-state index contributed by atoms with van der Waals surface area (Å²) in [5.41, 5.74) is 0.727. The third-order valence-electron chi connectivity index (χ3n) is 5.73. The zero-order valence-corrected chi connectivity index (χ0v) is 14.8. The second-order valence-electron chi connectivity index (χ2n) is 6.74. The van der Waals surface area contributed by atoms with Crippen LogP contribution in [0, 0.1) is 0 Å². The molecule has 0 N–H and O–H groups in total. The quantitative estimate of drug-likeness (QED) is 0.830. The number of methoxy groups -OCH3 is 3. The normalized spacial score (nSPS) is 29.4. The largest absolute Gasteiger partial charge is 0.496 e. The molecule has 0 spiro atoms. The minimum absolute atomic E-state index is 0.100. The summed E-state index contributed by atoms with van der Waals surface area (Å²) in [6.07, 6.45) is 4.26. The van der Waals surface area contributed by atoms with E-state index in [1.807, 2.05) is 29.2 Å². The van der Waals surface area contributed by atoms with E-state index in [1.54, 1.807) is 21.3 Å². The first-order valence-corrected chi connectivity index (χ1v) is 8.63. The van der Waals surface area contributed by atoms with E-state index < -0.39 is 0 Å². The zero-order chi connectivity index (χ0) is 17.2. The van der Waals surface area contributed by atoms with Gasteiger partial charge >= 0.3 is 0 Å². The summed E-state index contributed by atoms with van der Waals surface area (Å²) in [6.45, 7) is 0.753. The molecule has 3 atom stereocenters. The SMILES string of the molecule is COc1ccccc1CC(=O)N1CC[C@@]2(OC)CC[C@H](OC)C[C@@H]12. The molecule has 1 aromatic carbocycles. The van der Waals surface area contributed by atoms with Gasteiger partial charge in [-0.25, -0.2) is 0 Å². The van der Waals surface area contributed by atoms with Gasteiger partial charge in [0.25, 0.3) is 0 Å². The molecule has 1 aliphatic heterocycles. The van der Waals surface area contributed by atoms with Crippen molar-refractivity contribution >= 4 is 5.91 Å². The lowest BCUT2D eigenvalue weighted by Crippen LogP contribution is -2.53. The smallest absolute Gasteiger partial charge is 0.227 e. The Labute approximate surface area is 143 Å². The van der Waals surface area contributed by atoms with Crippen LogP contribution in [0.2, 0.25) is 0 Å². The fraction of sp³-hybridized carbons (Fsp3) is 0.632. The number of benzene rings is 1. The molecule has 0 aromatic heterocycles. The van der Waals surface area contributed by atoms with Crippen LogP contribution in [0.5, 0.6) is 5.75 Å². The highest BCUT2D eigenvalue weighted by Gasteiger charge is 2.52. The van der Waals surface area contributed by atoms with Gasteiger partial charge < -0.3 is 19.1 Å². The molecule has 0 radical (unpaired) electrons. The molecule has 2 fully saturated rings. The van der Waals surface area contributed by atoms with Gasteiger partial charge in [0, 0.05) is 26.3 Å². The predicted octanol–water partition coefficient (Wildman–Crippen LogP) is 2.42. The molecule has 0 bridgehead atoms. The first kappa shape index (κ1) is 17.2. The van der Waals surface area contributed by atoms with Gasteiger partial charge in [0.2, 0.25) is 5.91 Å². The lowest BCUT2D eigenvalue weighted by molar-refractivity contribution is -0.140. The van der Waals surface area contributed by atoms with Gasteiger partial charge in [0.05, 0.1) is 31.3 Å². The number of rotatable bonds is 5. The van der Waals surface area contributed by atoms with Crippen LogP contribution < -0.4 is 4.74 Å². The van der Waals surface area contributed by atoms with Crippen LogP contribution in [0.25, 0.3) is 0 Å². The van der Waals surface area contributed by atoms with Crippen LogP contribution in [-0.4, -0.2) is 56.4 Å². The maximum absolute atomic E-state index is 13.0. The first-order valence-electron chi connectivity index (χ1n) is 8.63. The second-order valence-corrected chi connectivity index (χ2v) is 6.74. The molecule has 1 amide bonds. The number of likely N-dealkylation sites (tertiary alicyclic amines) is 1. The van der Waals surface area contributed by atoms with Gasteiger partial charge in [-0.2, -0.15) is 0 Å². The highest BCUT2D eigenvalue weighted by Crippen LogP contribution is 2.43. The van der Waals surface area contributed by atoms with Crippen molar-refractivity contribution in [3.63, 3.8) is 0 Å². The van der Waals surface area contributed by atoms with E-state index >= 15 is 0 Å². The Kier molecular flexibility index (Phi) is 5.11. The number of ether oxygens (including phenoxy) is 3. The highest BCUT2D eigenvalue weighted by molar-refractivity contribution is 5.80. The van der Waals surface area contributed by atoms with Crippen molar-refractivity contribution < 1.29 is 19.0 Å². The van der Waals surface area contributed by atoms with E-state index in [1.165, 1.54) is 0 Å². The van der Waals surface area contributed by atoms with Crippen LogP contribution in [-0.2, 0) is 20.7 Å². The van der Waals surface area contributed by atoms with Gasteiger partial charge in [0.1, 0.15) is 5.75 Å². The molecule has 5 nitrogen and oxygen atoms in total. The Morgan fingerprint density at radius 2 is 2.04 bits per heavy atom. The minimum Gasteiger partial charge on any atom is -0.496 e. The zero-order valence-electron chi connectivity index (χ0n) is 14.8. The minimum atomic E-state index is -0.203. The van der Waals surface area contributed by atoms with Crippen molar-refractivity contribution in [3.05, 3.63) is 29.8 Å². The molecular weight excluding hydrogens is 306 g/mol. The Bertz CT molecular complexity index is 590.